The smallest absolute Gasteiger partial charge is 0.480 e. The zero-order chi connectivity index (χ0) is 16.2. The molecular formula is C10H7F3N2O6. The van der Waals surface area contributed by atoms with Crippen molar-refractivity contribution in [2.24, 2.45) is 0 Å². The van der Waals surface area contributed by atoms with Gasteiger partial charge < -0.3 is 15.2 Å². The molecule has 0 saturated heterocycles. The van der Waals surface area contributed by atoms with E-state index in [1.165, 1.54) is 0 Å². The fraction of sp³-hybridized carbons (Fsp3) is 0.200. The monoisotopic (exact) mass is 308 g/mol. The largest absolute Gasteiger partial charge is 0.573 e. The van der Waals surface area contributed by atoms with E-state index in [0.29, 0.717) is 0 Å². The minimum atomic E-state index is -5.26. The number of benzene rings is 1. The Morgan fingerprint density at radius 2 is 2.00 bits per heavy atom. The van der Waals surface area contributed by atoms with Crippen molar-refractivity contribution in [1.29, 1.82) is 0 Å². The van der Waals surface area contributed by atoms with Gasteiger partial charge in [-0.25, -0.2) is 0 Å². The predicted octanol–water partition coefficient (Wildman–Crippen LogP) is 1.31. The number of alkyl halides is 3. The normalized spacial score (nSPS) is 10.8. The first-order chi connectivity index (χ1) is 9.61. The summed E-state index contributed by atoms with van der Waals surface area (Å²) in [4.78, 5) is 31.4. The van der Waals surface area contributed by atoms with Gasteiger partial charge in [-0.15, -0.1) is 13.2 Å². The van der Waals surface area contributed by atoms with Crippen molar-refractivity contribution in [3.63, 3.8) is 0 Å². The number of para-hydroxylation sites is 1. The summed E-state index contributed by atoms with van der Waals surface area (Å²) >= 11 is 0. The summed E-state index contributed by atoms with van der Waals surface area (Å²) in [5.41, 5.74) is -1.88. The second-order valence-electron chi connectivity index (χ2n) is 3.54. The van der Waals surface area contributed by atoms with Crippen LogP contribution in [-0.2, 0) is 4.79 Å². The second kappa shape index (κ2) is 6.07. The van der Waals surface area contributed by atoms with Gasteiger partial charge in [0.15, 0.2) is 0 Å². The highest BCUT2D eigenvalue weighted by Crippen LogP contribution is 2.35. The average Bonchev–Trinajstić information content (AvgIpc) is 2.33. The van der Waals surface area contributed by atoms with Gasteiger partial charge in [-0.05, 0) is 6.07 Å². The number of carboxylic acid groups (broad SMARTS) is 1. The molecule has 0 spiro atoms. The van der Waals surface area contributed by atoms with Crippen LogP contribution in [0.3, 0.4) is 0 Å². The molecule has 21 heavy (non-hydrogen) atoms. The van der Waals surface area contributed by atoms with Crippen LogP contribution in [0.4, 0.5) is 18.9 Å². The molecule has 0 heterocycles. The van der Waals surface area contributed by atoms with Crippen molar-refractivity contribution in [1.82, 2.24) is 5.32 Å². The summed E-state index contributed by atoms with van der Waals surface area (Å²) in [5, 5.41) is 20.8. The molecule has 0 aliphatic heterocycles. The number of rotatable bonds is 5. The van der Waals surface area contributed by atoms with E-state index >= 15 is 0 Å². The molecule has 1 aromatic carbocycles. The maximum Gasteiger partial charge on any atom is 0.573 e. The number of carbonyl (C=O) groups excluding carboxylic acids is 1. The summed E-state index contributed by atoms with van der Waals surface area (Å²) in [5.74, 6) is -4.00. The third-order valence-electron chi connectivity index (χ3n) is 2.05. The van der Waals surface area contributed by atoms with Gasteiger partial charge in [-0.1, -0.05) is 6.07 Å². The number of hydrogen-bond acceptors (Lipinski definition) is 5. The molecule has 0 saturated carbocycles. The number of carbonyl (C=O) groups is 2. The van der Waals surface area contributed by atoms with E-state index < -0.39 is 46.7 Å². The Hall–Kier alpha value is -2.85. The fourth-order valence-electron chi connectivity index (χ4n) is 1.32. The molecule has 1 rings (SSSR count). The minimum absolute atomic E-state index is 0.717. The molecule has 0 aliphatic rings. The Bertz CT molecular complexity index is 587. The van der Waals surface area contributed by atoms with E-state index in [0.717, 1.165) is 18.2 Å². The van der Waals surface area contributed by atoms with Crippen molar-refractivity contribution < 1.29 is 37.5 Å². The van der Waals surface area contributed by atoms with E-state index in [1.807, 2.05) is 0 Å². The zero-order valence-corrected chi connectivity index (χ0v) is 10.0. The van der Waals surface area contributed by atoms with E-state index in [9.17, 15) is 32.9 Å². The highest BCUT2D eigenvalue weighted by molar-refractivity contribution is 5.99. The van der Waals surface area contributed by atoms with E-state index in [1.54, 1.807) is 5.32 Å². The zero-order valence-electron chi connectivity index (χ0n) is 10.0. The third kappa shape index (κ3) is 4.63. The van der Waals surface area contributed by atoms with Crippen LogP contribution in [-0.4, -0.2) is 34.8 Å². The van der Waals surface area contributed by atoms with Crippen molar-refractivity contribution in [2.45, 2.75) is 6.36 Å². The number of halogens is 3. The number of aliphatic carboxylic acids is 1. The van der Waals surface area contributed by atoms with E-state index in [2.05, 4.69) is 4.74 Å². The van der Waals surface area contributed by atoms with Gasteiger partial charge in [0, 0.05) is 6.07 Å². The molecule has 0 bridgehead atoms. The SMILES string of the molecule is O=C(O)CNC(=O)c1cccc([N+](=O)[O-])c1OC(F)(F)F. The number of carboxylic acids is 1. The molecule has 0 radical (unpaired) electrons. The lowest BCUT2D eigenvalue weighted by Gasteiger charge is -2.12. The Kier molecular flexibility index (Phi) is 4.68. The summed E-state index contributed by atoms with van der Waals surface area (Å²) in [7, 11) is 0. The summed E-state index contributed by atoms with van der Waals surface area (Å²) in [6.07, 6.45) is -5.26. The van der Waals surface area contributed by atoms with Crippen LogP contribution in [0.5, 0.6) is 5.75 Å². The molecule has 0 aromatic heterocycles. The van der Waals surface area contributed by atoms with Gasteiger partial charge in [0.05, 0.1) is 10.5 Å². The minimum Gasteiger partial charge on any atom is -0.480 e. The van der Waals surface area contributed by atoms with Crippen molar-refractivity contribution >= 4 is 17.6 Å². The highest BCUT2D eigenvalue weighted by atomic mass is 19.4. The second-order valence-corrected chi connectivity index (χ2v) is 3.54. The molecule has 114 valence electrons. The molecule has 1 aromatic rings. The quantitative estimate of drug-likeness (QED) is 0.625. The van der Waals surface area contributed by atoms with Crippen LogP contribution in [0.1, 0.15) is 10.4 Å². The number of amides is 1. The lowest BCUT2D eigenvalue weighted by Crippen LogP contribution is -2.30. The van der Waals surface area contributed by atoms with Gasteiger partial charge in [-0.3, -0.25) is 19.7 Å². The van der Waals surface area contributed by atoms with Crippen LogP contribution in [0.25, 0.3) is 0 Å². The van der Waals surface area contributed by atoms with Gasteiger partial charge in [-0.2, -0.15) is 0 Å². The molecule has 11 heteroatoms. The van der Waals surface area contributed by atoms with Crippen molar-refractivity contribution in [2.75, 3.05) is 6.54 Å². The Morgan fingerprint density at radius 3 is 2.48 bits per heavy atom. The third-order valence-corrected chi connectivity index (χ3v) is 2.05. The molecule has 0 aliphatic carbocycles. The number of ether oxygens (including phenoxy) is 1. The number of nitrogens with zero attached hydrogens (tertiary/aromatic N) is 1. The maximum atomic E-state index is 12.3. The van der Waals surface area contributed by atoms with Gasteiger partial charge >= 0.3 is 18.0 Å². The molecule has 1 amide bonds. The van der Waals surface area contributed by atoms with Crippen LogP contribution in [0, 0.1) is 10.1 Å². The average molecular weight is 308 g/mol. The number of hydrogen-bond donors (Lipinski definition) is 2. The molecule has 8 nitrogen and oxygen atoms in total. The summed E-state index contributed by atoms with van der Waals surface area (Å²) in [6, 6.07) is 2.53. The van der Waals surface area contributed by atoms with Crippen molar-refractivity contribution in [3.8, 4) is 5.75 Å². The number of nitro groups is 1. The van der Waals surface area contributed by atoms with Crippen LogP contribution in [0.2, 0.25) is 0 Å². The highest BCUT2D eigenvalue weighted by Gasteiger charge is 2.37. The maximum absolute atomic E-state index is 12.3. The molecule has 0 atom stereocenters. The van der Waals surface area contributed by atoms with Gasteiger partial charge in [0.25, 0.3) is 5.91 Å². The number of nitro benzene ring substituents is 1. The van der Waals surface area contributed by atoms with Crippen LogP contribution >= 0.6 is 0 Å². The van der Waals surface area contributed by atoms with Gasteiger partial charge in [0.2, 0.25) is 5.75 Å². The topological polar surface area (TPSA) is 119 Å². The Morgan fingerprint density at radius 1 is 1.38 bits per heavy atom. The van der Waals surface area contributed by atoms with Gasteiger partial charge in [0.1, 0.15) is 6.54 Å². The Balaban J connectivity index is 3.24. The predicted molar refractivity (Wildman–Crippen MR) is 59.7 cm³/mol. The standard InChI is InChI=1S/C10H7F3N2O6/c11-10(12,13)21-8-5(9(18)14-4-7(16)17)2-1-3-6(8)15(19)20/h1-3H,4H2,(H,14,18)(H,16,17). The number of nitrogens with one attached hydrogen (secondary N) is 1. The summed E-state index contributed by atoms with van der Waals surface area (Å²) < 4.78 is 40.3. The van der Waals surface area contributed by atoms with Crippen LogP contribution < -0.4 is 10.1 Å². The fourth-order valence-corrected chi connectivity index (χ4v) is 1.32. The van der Waals surface area contributed by atoms with E-state index in [-0.39, 0.29) is 0 Å². The molecule has 2 N–H and O–H groups in total. The first-order valence-corrected chi connectivity index (χ1v) is 5.15. The lowest BCUT2D eigenvalue weighted by molar-refractivity contribution is -0.388. The van der Waals surface area contributed by atoms with Crippen LogP contribution in [0.15, 0.2) is 18.2 Å². The van der Waals surface area contributed by atoms with E-state index in [4.69, 9.17) is 5.11 Å². The first-order valence-electron chi connectivity index (χ1n) is 5.15. The Labute approximate surface area is 114 Å². The molecular weight excluding hydrogens is 301 g/mol. The molecule has 0 unspecified atom stereocenters. The van der Waals surface area contributed by atoms with Crippen molar-refractivity contribution in [3.05, 3.63) is 33.9 Å². The first kappa shape index (κ1) is 16.2. The molecule has 0 fully saturated rings. The summed E-state index contributed by atoms with van der Waals surface area (Å²) in [6.45, 7) is -0.868. The lowest BCUT2D eigenvalue weighted by atomic mass is 10.1.